The molecular weight excluding hydrogens is 238 g/mol. The molecule has 3 rings (SSSR count). The van der Waals surface area contributed by atoms with Crippen LogP contribution in [0.5, 0.6) is 0 Å². The van der Waals surface area contributed by atoms with E-state index in [2.05, 4.69) is 23.5 Å². The van der Waals surface area contributed by atoms with Crippen molar-refractivity contribution in [1.29, 1.82) is 0 Å². The Labute approximate surface area is 115 Å². The highest BCUT2D eigenvalue weighted by Gasteiger charge is 2.27. The molecular formula is C16H21NO2. The van der Waals surface area contributed by atoms with Crippen LogP contribution in [0, 0.1) is 0 Å². The highest BCUT2D eigenvalue weighted by atomic mass is 16.5. The van der Waals surface area contributed by atoms with Crippen LogP contribution in [0.25, 0.3) is 0 Å². The third kappa shape index (κ3) is 3.06. The summed E-state index contributed by atoms with van der Waals surface area (Å²) in [5.74, 6) is 0.434. The Morgan fingerprint density at radius 2 is 2.16 bits per heavy atom. The largest absolute Gasteiger partial charge is 0.472 e. The maximum atomic E-state index is 6.10. The Bertz CT molecular complexity index is 486. The van der Waals surface area contributed by atoms with Crippen molar-refractivity contribution >= 4 is 0 Å². The SMILES string of the molecule is [HH].c1ccc(COC2CNCCC2c2ccoc2)cc1. The lowest BCUT2D eigenvalue weighted by atomic mass is 9.89. The average Bonchev–Trinajstić information content (AvgIpc) is 3.01. The molecule has 0 amide bonds. The second-order valence-corrected chi connectivity index (χ2v) is 4.99. The molecule has 0 radical (unpaired) electrons. The summed E-state index contributed by atoms with van der Waals surface area (Å²) in [6, 6.07) is 12.4. The van der Waals surface area contributed by atoms with Gasteiger partial charge in [-0.1, -0.05) is 30.3 Å². The van der Waals surface area contributed by atoms with E-state index in [0.29, 0.717) is 12.5 Å². The molecule has 2 atom stereocenters. The Balaban J connectivity index is 0.00000147. The van der Waals surface area contributed by atoms with Gasteiger partial charge in [0.2, 0.25) is 0 Å². The zero-order chi connectivity index (χ0) is 12.9. The molecule has 19 heavy (non-hydrogen) atoms. The first-order valence-corrected chi connectivity index (χ1v) is 6.82. The van der Waals surface area contributed by atoms with Crippen molar-refractivity contribution in [2.75, 3.05) is 13.1 Å². The fourth-order valence-corrected chi connectivity index (χ4v) is 2.65. The van der Waals surface area contributed by atoms with Crippen molar-refractivity contribution in [3.63, 3.8) is 0 Å². The van der Waals surface area contributed by atoms with Crippen molar-refractivity contribution in [1.82, 2.24) is 5.32 Å². The van der Waals surface area contributed by atoms with Gasteiger partial charge in [-0.25, -0.2) is 0 Å². The quantitative estimate of drug-likeness (QED) is 0.915. The van der Waals surface area contributed by atoms with E-state index in [0.717, 1.165) is 19.5 Å². The van der Waals surface area contributed by atoms with E-state index in [1.54, 1.807) is 6.26 Å². The summed E-state index contributed by atoms with van der Waals surface area (Å²) in [5.41, 5.74) is 2.47. The summed E-state index contributed by atoms with van der Waals surface area (Å²) in [5, 5.41) is 3.41. The first kappa shape index (κ1) is 12.5. The van der Waals surface area contributed by atoms with Crippen LogP contribution in [0.15, 0.2) is 53.3 Å². The summed E-state index contributed by atoms with van der Waals surface area (Å²) >= 11 is 0. The third-order valence-corrected chi connectivity index (χ3v) is 3.70. The number of benzene rings is 1. The minimum Gasteiger partial charge on any atom is -0.472 e. The third-order valence-electron chi connectivity index (χ3n) is 3.70. The van der Waals surface area contributed by atoms with Gasteiger partial charge in [0.1, 0.15) is 0 Å². The lowest BCUT2D eigenvalue weighted by Crippen LogP contribution is -2.40. The van der Waals surface area contributed by atoms with Crippen LogP contribution >= 0.6 is 0 Å². The van der Waals surface area contributed by atoms with Gasteiger partial charge in [0.25, 0.3) is 0 Å². The summed E-state index contributed by atoms with van der Waals surface area (Å²) < 4.78 is 11.3. The molecule has 1 aromatic carbocycles. The maximum absolute atomic E-state index is 6.10. The number of piperidine rings is 1. The van der Waals surface area contributed by atoms with Gasteiger partial charge in [-0.15, -0.1) is 0 Å². The smallest absolute Gasteiger partial charge is 0.0938 e. The molecule has 2 unspecified atom stereocenters. The minimum atomic E-state index is 0. The highest BCUT2D eigenvalue weighted by molar-refractivity contribution is 5.17. The van der Waals surface area contributed by atoms with E-state index in [-0.39, 0.29) is 7.53 Å². The van der Waals surface area contributed by atoms with Crippen LogP contribution in [-0.2, 0) is 11.3 Å². The Morgan fingerprint density at radius 3 is 2.95 bits per heavy atom. The average molecular weight is 259 g/mol. The molecule has 3 heteroatoms. The predicted octanol–water partition coefficient (Wildman–Crippen LogP) is 3.19. The predicted molar refractivity (Wildman–Crippen MR) is 76.1 cm³/mol. The van der Waals surface area contributed by atoms with E-state index in [1.165, 1.54) is 11.1 Å². The van der Waals surface area contributed by atoms with Gasteiger partial charge in [-0.2, -0.15) is 0 Å². The van der Waals surface area contributed by atoms with Gasteiger partial charge in [0.05, 0.1) is 25.2 Å². The van der Waals surface area contributed by atoms with Crippen molar-refractivity contribution in [3.8, 4) is 0 Å². The molecule has 3 nitrogen and oxygen atoms in total. The number of nitrogens with one attached hydrogen (secondary N) is 1. The van der Waals surface area contributed by atoms with E-state index in [1.807, 2.05) is 24.5 Å². The number of hydrogen-bond acceptors (Lipinski definition) is 3. The second-order valence-electron chi connectivity index (χ2n) is 4.99. The van der Waals surface area contributed by atoms with Crippen LogP contribution in [0.4, 0.5) is 0 Å². The molecule has 1 N–H and O–H groups in total. The summed E-state index contributed by atoms with van der Waals surface area (Å²) in [6.45, 7) is 2.62. The van der Waals surface area contributed by atoms with Crippen molar-refractivity contribution in [2.45, 2.75) is 25.0 Å². The van der Waals surface area contributed by atoms with Crippen molar-refractivity contribution < 1.29 is 10.6 Å². The van der Waals surface area contributed by atoms with Gasteiger partial charge in [0, 0.05) is 13.9 Å². The first-order chi connectivity index (χ1) is 9.43. The molecule has 1 aliphatic rings. The van der Waals surface area contributed by atoms with Crippen LogP contribution in [0.2, 0.25) is 0 Å². The van der Waals surface area contributed by atoms with Crippen molar-refractivity contribution in [3.05, 3.63) is 60.1 Å². The van der Waals surface area contributed by atoms with E-state index in [9.17, 15) is 0 Å². The highest BCUT2D eigenvalue weighted by Crippen LogP contribution is 2.28. The lowest BCUT2D eigenvalue weighted by molar-refractivity contribution is 0.0105. The van der Waals surface area contributed by atoms with Gasteiger partial charge >= 0.3 is 0 Å². The summed E-state index contributed by atoms with van der Waals surface area (Å²) in [7, 11) is 0. The molecule has 0 aliphatic carbocycles. The van der Waals surface area contributed by atoms with Crippen LogP contribution in [0.3, 0.4) is 0 Å². The molecule has 0 spiro atoms. The fraction of sp³-hybridized carbons (Fsp3) is 0.375. The zero-order valence-electron chi connectivity index (χ0n) is 10.9. The summed E-state index contributed by atoms with van der Waals surface area (Å²) in [4.78, 5) is 0. The Hall–Kier alpha value is -1.58. The molecule has 1 aromatic heterocycles. The van der Waals surface area contributed by atoms with E-state index in [4.69, 9.17) is 9.15 Å². The van der Waals surface area contributed by atoms with Gasteiger partial charge < -0.3 is 14.5 Å². The molecule has 0 saturated carbocycles. The van der Waals surface area contributed by atoms with E-state index >= 15 is 0 Å². The van der Waals surface area contributed by atoms with Crippen molar-refractivity contribution in [2.24, 2.45) is 0 Å². The fourth-order valence-electron chi connectivity index (χ4n) is 2.65. The van der Waals surface area contributed by atoms with Crippen LogP contribution in [0.1, 0.15) is 24.9 Å². The normalized spacial score (nSPS) is 23.4. The number of furan rings is 1. The number of ether oxygens (including phenoxy) is 1. The van der Waals surface area contributed by atoms with E-state index < -0.39 is 0 Å². The lowest BCUT2D eigenvalue weighted by Gasteiger charge is -2.31. The van der Waals surface area contributed by atoms with Crippen LogP contribution in [-0.4, -0.2) is 19.2 Å². The minimum absolute atomic E-state index is 0. The summed E-state index contributed by atoms with van der Waals surface area (Å²) in [6.07, 6.45) is 4.89. The van der Waals surface area contributed by atoms with Gasteiger partial charge in [-0.3, -0.25) is 0 Å². The monoisotopic (exact) mass is 259 g/mol. The molecule has 1 saturated heterocycles. The topological polar surface area (TPSA) is 34.4 Å². The molecule has 1 fully saturated rings. The standard InChI is InChI=1S/C16H19NO2.H2/c1-2-4-13(5-3-1)11-19-16-10-17-8-6-15(16)14-7-9-18-12-14;/h1-5,7,9,12,15-17H,6,8,10-11H2;1H. The number of rotatable bonds is 4. The number of hydrogen-bond donors (Lipinski definition) is 1. The Morgan fingerprint density at radius 1 is 1.26 bits per heavy atom. The van der Waals surface area contributed by atoms with Gasteiger partial charge in [0.15, 0.2) is 0 Å². The van der Waals surface area contributed by atoms with Gasteiger partial charge in [-0.05, 0) is 30.2 Å². The zero-order valence-corrected chi connectivity index (χ0v) is 10.9. The second kappa shape index (κ2) is 6.04. The maximum Gasteiger partial charge on any atom is 0.0938 e. The molecule has 1 aliphatic heterocycles. The Kier molecular flexibility index (Phi) is 3.96. The molecule has 102 valence electrons. The van der Waals surface area contributed by atoms with Crippen LogP contribution < -0.4 is 5.32 Å². The molecule has 0 bridgehead atoms. The molecule has 2 heterocycles. The first-order valence-electron chi connectivity index (χ1n) is 6.82. The molecule has 2 aromatic rings.